The SMILES string of the molecule is CCCNC(=O)C(C)NC1=NCCS1. The van der Waals surface area contributed by atoms with Crippen LogP contribution >= 0.6 is 11.8 Å². The molecule has 0 bridgehead atoms. The first-order valence-corrected chi connectivity index (χ1v) is 5.94. The van der Waals surface area contributed by atoms with Gasteiger partial charge < -0.3 is 10.6 Å². The Morgan fingerprint density at radius 2 is 2.50 bits per heavy atom. The van der Waals surface area contributed by atoms with E-state index in [4.69, 9.17) is 0 Å². The fourth-order valence-corrected chi connectivity index (χ4v) is 1.89. The van der Waals surface area contributed by atoms with E-state index in [2.05, 4.69) is 15.6 Å². The highest BCUT2D eigenvalue weighted by atomic mass is 32.2. The molecule has 0 fully saturated rings. The van der Waals surface area contributed by atoms with Crippen molar-refractivity contribution < 1.29 is 4.79 Å². The smallest absolute Gasteiger partial charge is 0.242 e. The number of hydrogen-bond acceptors (Lipinski definition) is 4. The molecule has 0 saturated carbocycles. The zero-order chi connectivity index (χ0) is 10.4. The number of aliphatic imine (C=N–C) groups is 1. The van der Waals surface area contributed by atoms with E-state index < -0.39 is 0 Å². The van der Waals surface area contributed by atoms with Crippen molar-refractivity contribution in [1.29, 1.82) is 0 Å². The Bertz CT molecular complexity index is 230. The number of hydrogen-bond donors (Lipinski definition) is 2. The molecule has 0 spiro atoms. The topological polar surface area (TPSA) is 53.5 Å². The van der Waals surface area contributed by atoms with Crippen molar-refractivity contribution in [1.82, 2.24) is 10.6 Å². The Balaban J connectivity index is 2.25. The van der Waals surface area contributed by atoms with Crippen LogP contribution in [0.1, 0.15) is 20.3 Å². The Labute approximate surface area is 88.9 Å². The molecule has 14 heavy (non-hydrogen) atoms. The first kappa shape index (κ1) is 11.4. The average Bonchev–Trinajstić information content (AvgIpc) is 2.66. The lowest BCUT2D eigenvalue weighted by atomic mass is 10.3. The third kappa shape index (κ3) is 3.57. The molecule has 0 aromatic rings. The van der Waals surface area contributed by atoms with Crippen LogP contribution in [0.4, 0.5) is 0 Å². The Kier molecular flexibility index (Phi) is 4.79. The number of rotatable bonds is 4. The minimum Gasteiger partial charge on any atom is -0.354 e. The summed E-state index contributed by atoms with van der Waals surface area (Å²) in [4.78, 5) is 15.7. The monoisotopic (exact) mass is 215 g/mol. The highest BCUT2D eigenvalue weighted by Gasteiger charge is 2.15. The number of nitrogens with one attached hydrogen (secondary N) is 2. The van der Waals surface area contributed by atoms with Gasteiger partial charge in [-0.25, -0.2) is 0 Å². The predicted molar refractivity (Wildman–Crippen MR) is 60.7 cm³/mol. The number of amidine groups is 1. The van der Waals surface area contributed by atoms with Crippen LogP contribution in [-0.2, 0) is 4.79 Å². The van der Waals surface area contributed by atoms with E-state index in [0.29, 0.717) is 0 Å². The van der Waals surface area contributed by atoms with Gasteiger partial charge in [-0.1, -0.05) is 18.7 Å². The zero-order valence-corrected chi connectivity index (χ0v) is 9.49. The first-order valence-electron chi connectivity index (χ1n) is 4.95. The second-order valence-corrected chi connectivity index (χ2v) is 4.28. The van der Waals surface area contributed by atoms with E-state index in [9.17, 15) is 4.79 Å². The highest BCUT2D eigenvalue weighted by Crippen LogP contribution is 2.09. The molecule has 1 amide bonds. The van der Waals surface area contributed by atoms with Crippen molar-refractivity contribution in [2.75, 3.05) is 18.8 Å². The number of carbonyl (C=O) groups is 1. The molecular formula is C9H17N3OS. The fourth-order valence-electron chi connectivity index (χ4n) is 1.07. The molecule has 1 rings (SSSR count). The van der Waals surface area contributed by atoms with E-state index >= 15 is 0 Å². The summed E-state index contributed by atoms with van der Waals surface area (Å²) >= 11 is 1.67. The van der Waals surface area contributed by atoms with E-state index in [1.807, 2.05) is 13.8 Å². The lowest BCUT2D eigenvalue weighted by molar-refractivity contribution is -0.122. The minimum atomic E-state index is -0.189. The van der Waals surface area contributed by atoms with Gasteiger partial charge in [-0.3, -0.25) is 9.79 Å². The van der Waals surface area contributed by atoms with Crippen LogP contribution in [-0.4, -0.2) is 36.0 Å². The molecule has 80 valence electrons. The third-order valence-electron chi connectivity index (χ3n) is 1.87. The average molecular weight is 215 g/mol. The van der Waals surface area contributed by atoms with E-state index in [-0.39, 0.29) is 11.9 Å². The molecule has 1 aliphatic heterocycles. The number of nitrogens with zero attached hydrogens (tertiary/aromatic N) is 1. The van der Waals surface area contributed by atoms with Gasteiger partial charge in [0.15, 0.2) is 5.17 Å². The van der Waals surface area contributed by atoms with Crippen molar-refractivity contribution in [2.45, 2.75) is 26.3 Å². The summed E-state index contributed by atoms with van der Waals surface area (Å²) in [5.74, 6) is 1.06. The van der Waals surface area contributed by atoms with Crippen LogP contribution in [0, 0.1) is 0 Å². The maximum Gasteiger partial charge on any atom is 0.242 e. The van der Waals surface area contributed by atoms with E-state index in [0.717, 1.165) is 30.4 Å². The van der Waals surface area contributed by atoms with Crippen molar-refractivity contribution in [3.63, 3.8) is 0 Å². The molecule has 1 unspecified atom stereocenters. The molecule has 4 nitrogen and oxygen atoms in total. The van der Waals surface area contributed by atoms with Gasteiger partial charge >= 0.3 is 0 Å². The Morgan fingerprint density at radius 1 is 1.71 bits per heavy atom. The minimum absolute atomic E-state index is 0.0436. The van der Waals surface area contributed by atoms with Crippen LogP contribution in [0.25, 0.3) is 0 Å². The predicted octanol–water partition coefficient (Wildman–Crippen LogP) is 0.593. The molecule has 5 heteroatoms. The van der Waals surface area contributed by atoms with E-state index in [1.54, 1.807) is 11.8 Å². The van der Waals surface area contributed by atoms with Crippen molar-refractivity contribution in [3.8, 4) is 0 Å². The van der Waals surface area contributed by atoms with Gasteiger partial charge in [0.2, 0.25) is 5.91 Å². The van der Waals surface area contributed by atoms with Gasteiger partial charge in [0.1, 0.15) is 6.04 Å². The lowest BCUT2D eigenvalue weighted by Gasteiger charge is -2.13. The van der Waals surface area contributed by atoms with Gasteiger partial charge in [-0.15, -0.1) is 0 Å². The molecule has 0 radical (unpaired) electrons. The molecule has 0 aliphatic carbocycles. The van der Waals surface area contributed by atoms with Gasteiger partial charge in [-0.2, -0.15) is 0 Å². The molecular weight excluding hydrogens is 198 g/mol. The van der Waals surface area contributed by atoms with Crippen LogP contribution in [0.3, 0.4) is 0 Å². The second-order valence-electron chi connectivity index (χ2n) is 3.19. The van der Waals surface area contributed by atoms with Crippen molar-refractivity contribution in [3.05, 3.63) is 0 Å². The van der Waals surface area contributed by atoms with Crippen molar-refractivity contribution in [2.24, 2.45) is 4.99 Å². The maximum atomic E-state index is 11.5. The summed E-state index contributed by atoms with van der Waals surface area (Å²) in [7, 11) is 0. The van der Waals surface area contributed by atoms with Crippen LogP contribution in [0.2, 0.25) is 0 Å². The highest BCUT2D eigenvalue weighted by molar-refractivity contribution is 8.14. The van der Waals surface area contributed by atoms with Gasteiger partial charge in [-0.05, 0) is 13.3 Å². The third-order valence-corrected chi connectivity index (χ3v) is 2.78. The van der Waals surface area contributed by atoms with Crippen LogP contribution in [0.5, 0.6) is 0 Å². The number of thioether (sulfide) groups is 1. The first-order chi connectivity index (χ1) is 6.74. The fraction of sp³-hybridized carbons (Fsp3) is 0.778. The molecule has 0 aromatic heterocycles. The largest absolute Gasteiger partial charge is 0.354 e. The quantitative estimate of drug-likeness (QED) is 0.722. The molecule has 1 aliphatic rings. The van der Waals surface area contributed by atoms with E-state index in [1.165, 1.54) is 0 Å². The van der Waals surface area contributed by atoms with Crippen LogP contribution in [0.15, 0.2) is 4.99 Å². The van der Waals surface area contributed by atoms with Gasteiger partial charge in [0.05, 0.1) is 6.54 Å². The number of amides is 1. The second kappa shape index (κ2) is 5.90. The summed E-state index contributed by atoms with van der Waals surface area (Å²) in [6, 6.07) is -0.189. The summed E-state index contributed by atoms with van der Waals surface area (Å²) in [5.41, 5.74) is 0. The molecule has 1 heterocycles. The standard InChI is InChI=1S/C9H17N3OS/c1-3-4-10-8(13)7(2)12-9-11-5-6-14-9/h7H,3-6H2,1-2H3,(H,10,13)(H,11,12). The normalized spacial score (nSPS) is 17.4. The molecule has 2 N–H and O–H groups in total. The van der Waals surface area contributed by atoms with Crippen LogP contribution < -0.4 is 10.6 Å². The Morgan fingerprint density at radius 3 is 3.07 bits per heavy atom. The van der Waals surface area contributed by atoms with Gasteiger partial charge in [0.25, 0.3) is 0 Å². The Hall–Kier alpha value is -0.710. The number of carbonyl (C=O) groups excluding carboxylic acids is 1. The summed E-state index contributed by atoms with van der Waals surface area (Å²) in [6.07, 6.45) is 0.966. The lowest BCUT2D eigenvalue weighted by Crippen LogP contribution is -2.43. The van der Waals surface area contributed by atoms with Gasteiger partial charge in [0, 0.05) is 12.3 Å². The molecule has 1 atom stereocenters. The maximum absolute atomic E-state index is 11.5. The summed E-state index contributed by atoms with van der Waals surface area (Å²) in [5, 5.41) is 6.82. The summed E-state index contributed by atoms with van der Waals surface area (Å²) < 4.78 is 0. The zero-order valence-electron chi connectivity index (χ0n) is 8.67. The van der Waals surface area contributed by atoms with Crippen molar-refractivity contribution >= 4 is 22.8 Å². The molecule has 0 saturated heterocycles. The molecule has 0 aromatic carbocycles. The summed E-state index contributed by atoms with van der Waals surface area (Å²) in [6.45, 7) is 5.49.